The van der Waals surface area contributed by atoms with Crippen molar-refractivity contribution in [3.8, 4) is 0 Å². The van der Waals surface area contributed by atoms with Crippen molar-refractivity contribution in [1.29, 1.82) is 0 Å². The van der Waals surface area contributed by atoms with Gasteiger partial charge in [-0.05, 0) is 37.3 Å². The van der Waals surface area contributed by atoms with Crippen molar-refractivity contribution >= 4 is 5.97 Å². The molecule has 0 saturated carbocycles. The Morgan fingerprint density at radius 3 is 2.85 bits per heavy atom. The normalized spacial score (nSPS) is 14.3. The monoisotopic (exact) mass is 179 g/mol. The van der Waals surface area contributed by atoms with Crippen LogP contribution in [-0.4, -0.2) is 18.1 Å². The molecule has 0 aliphatic heterocycles. The number of hydrogen-bond donors (Lipinski definition) is 1. The minimum absolute atomic E-state index is 0.258. The molecular weight excluding hydrogens is 166 g/mol. The molecule has 1 aliphatic rings. The van der Waals surface area contributed by atoms with Crippen molar-refractivity contribution in [2.75, 3.05) is 7.11 Å². The summed E-state index contributed by atoms with van der Waals surface area (Å²) in [5.74, 6) is -0.258. The van der Waals surface area contributed by atoms with Gasteiger partial charge in [-0.1, -0.05) is 0 Å². The van der Waals surface area contributed by atoms with Gasteiger partial charge in [-0.15, -0.1) is 0 Å². The van der Waals surface area contributed by atoms with Gasteiger partial charge in [0.1, 0.15) is 5.69 Å². The molecular formula is C10H13NO2. The minimum atomic E-state index is -0.258. The highest BCUT2D eigenvalue weighted by molar-refractivity contribution is 5.89. The first-order valence-electron chi connectivity index (χ1n) is 4.52. The van der Waals surface area contributed by atoms with Crippen LogP contribution >= 0.6 is 0 Å². The van der Waals surface area contributed by atoms with Gasteiger partial charge in [0, 0.05) is 5.69 Å². The van der Waals surface area contributed by atoms with E-state index in [2.05, 4.69) is 9.72 Å². The lowest BCUT2D eigenvalue weighted by molar-refractivity contribution is 0.0593. The number of aryl methyl sites for hydroxylation is 1. The van der Waals surface area contributed by atoms with Crippen LogP contribution in [0.15, 0.2) is 0 Å². The number of ether oxygens (including phenoxy) is 1. The number of methoxy groups -OCH3 is 1. The lowest BCUT2D eigenvalue weighted by Gasteiger charge is -1.98. The van der Waals surface area contributed by atoms with E-state index in [1.54, 1.807) is 0 Å². The zero-order chi connectivity index (χ0) is 9.42. The number of hydrogen-bond acceptors (Lipinski definition) is 2. The second-order valence-corrected chi connectivity index (χ2v) is 3.43. The van der Waals surface area contributed by atoms with E-state index in [0.29, 0.717) is 5.69 Å². The van der Waals surface area contributed by atoms with E-state index in [-0.39, 0.29) is 5.97 Å². The number of rotatable bonds is 1. The molecule has 1 aromatic heterocycles. The molecule has 3 heteroatoms. The summed E-state index contributed by atoms with van der Waals surface area (Å²) >= 11 is 0. The second kappa shape index (κ2) is 2.91. The predicted octanol–water partition coefficient (Wildman–Crippen LogP) is 1.60. The van der Waals surface area contributed by atoms with E-state index in [9.17, 15) is 4.79 Å². The van der Waals surface area contributed by atoms with Crippen LogP contribution in [0.2, 0.25) is 0 Å². The van der Waals surface area contributed by atoms with E-state index >= 15 is 0 Å². The third-order valence-corrected chi connectivity index (χ3v) is 2.71. The summed E-state index contributed by atoms with van der Waals surface area (Å²) < 4.78 is 4.68. The molecule has 0 saturated heterocycles. The summed E-state index contributed by atoms with van der Waals surface area (Å²) in [5.41, 5.74) is 4.24. The lowest BCUT2D eigenvalue weighted by atomic mass is 10.1. The van der Waals surface area contributed by atoms with Crippen LogP contribution in [0, 0.1) is 6.92 Å². The van der Waals surface area contributed by atoms with Crippen molar-refractivity contribution in [1.82, 2.24) is 4.98 Å². The number of esters is 1. The van der Waals surface area contributed by atoms with Gasteiger partial charge in [0.25, 0.3) is 0 Å². The Hall–Kier alpha value is -1.25. The molecule has 13 heavy (non-hydrogen) atoms. The lowest BCUT2D eigenvalue weighted by Crippen LogP contribution is -2.04. The molecule has 0 amide bonds. The largest absolute Gasteiger partial charge is 0.464 e. The third kappa shape index (κ3) is 1.15. The second-order valence-electron chi connectivity index (χ2n) is 3.43. The van der Waals surface area contributed by atoms with Crippen molar-refractivity contribution in [2.24, 2.45) is 0 Å². The van der Waals surface area contributed by atoms with Crippen LogP contribution < -0.4 is 0 Å². The Kier molecular flexibility index (Phi) is 1.87. The fraction of sp³-hybridized carbons (Fsp3) is 0.500. The number of fused-ring (bicyclic) bond motifs is 1. The number of aromatic amines is 1. The van der Waals surface area contributed by atoms with Crippen molar-refractivity contribution in [3.05, 3.63) is 22.5 Å². The maximum Gasteiger partial charge on any atom is 0.354 e. The molecule has 0 spiro atoms. The molecule has 70 valence electrons. The van der Waals surface area contributed by atoms with Gasteiger partial charge in [0.05, 0.1) is 7.11 Å². The first-order chi connectivity index (χ1) is 6.24. The smallest absolute Gasteiger partial charge is 0.354 e. The Balaban J connectivity index is 2.44. The fourth-order valence-electron chi connectivity index (χ4n) is 2.00. The molecule has 0 radical (unpaired) electrons. The van der Waals surface area contributed by atoms with E-state index in [1.165, 1.54) is 24.8 Å². The molecule has 1 heterocycles. The molecule has 2 rings (SSSR count). The molecule has 1 aliphatic carbocycles. The summed E-state index contributed by atoms with van der Waals surface area (Å²) in [5, 5.41) is 0. The van der Waals surface area contributed by atoms with Crippen LogP contribution in [0.4, 0.5) is 0 Å². The molecule has 3 nitrogen and oxygen atoms in total. The molecule has 0 aromatic carbocycles. The van der Waals surface area contributed by atoms with Gasteiger partial charge < -0.3 is 9.72 Å². The van der Waals surface area contributed by atoms with E-state index in [1.807, 2.05) is 6.92 Å². The molecule has 0 fully saturated rings. The molecule has 0 bridgehead atoms. The fourth-order valence-corrected chi connectivity index (χ4v) is 2.00. The van der Waals surface area contributed by atoms with Gasteiger partial charge in [-0.25, -0.2) is 4.79 Å². The van der Waals surface area contributed by atoms with E-state index in [0.717, 1.165) is 18.4 Å². The first-order valence-corrected chi connectivity index (χ1v) is 4.52. The van der Waals surface area contributed by atoms with E-state index in [4.69, 9.17) is 0 Å². The van der Waals surface area contributed by atoms with Gasteiger partial charge >= 0.3 is 5.97 Å². The Morgan fingerprint density at radius 2 is 2.23 bits per heavy atom. The number of carbonyl (C=O) groups excluding carboxylic acids is 1. The summed E-state index contributed by atoms with van der Waals surface area (Å²) in [4.78, 5) is 14.4. The number of H-pyrrole nitrogens is 1. The van der Waals surface area contributed by atoms with Crippen LogP contribution in [0.1, 0.15) is 33.7 Å². The quantitative estimate of drug-likeness (QED) is 0.665. The maximum atomic E-state index is 11.3. The zero-order valence-corrected chi connectivity index (χ0v) is 7.94. The number of carbonyl (C=O) groups is 1. The third-order valence-electron chi connectivity index (χ3n) is 2.71. The van der Waals surface area contributed by atoms with E-state index < -0.39 is 0 Å². The highest BCUT2D eigenvalue weighted by Gasteiger charge is 2.22. The highest BCUT2D eigenvalue weighted by atomic mass is 16.5. The molecule has 0 atom stereocenters. The van der Waals surface area contributed by atoms with Gasteiger partial charge in [-0.2, -0.15) is 0 Å². The number of aromatic nitrogens is 1. The highest BCUT2D eigenvalue weighted by Crippen LogP contribution is 2.27. The average Bonchev–Trinajstić information content (AvgIpc) is 2.68. The van der Waals surface area contributed by atoms with Crippen LogP contribution in [0.5, 0.6) is 0 Å². The molecule has 1 aromatic rings. The van der Waals surface area contributed by atoms with Crippen molar-refractivity contribution < 1.29 is 9.53 Å². The Labute approximate surface area is 77.1 Å². The van der Waals surface area contributed by atoms with Gasteiger partial charge in [0.15, 0.2) is 0 Å². The van der Waals surface area contributed by atoms with Crippen LogP contribution in [0.3, 0.4) is 0 Å². The van der Waals surface area contributed by atoms with Crippen LogP contribution in [0.25, 0.3) is 0 Å². The maximum absolute atomic E-state index is 11.3. The summed E-state index contributed by atoms with van der Waals surface area (Å²) in [6.45, 7) is 1.98. The minimum Gasteiger partial charge on any atom is -0.464 e. The standard InChI is InChI=1S/C10H13NO2/c1-6-7-4-3-5-8(7)11-9(6)10(12)13-2/h11H,3-5H2,1-2H3. The molecule has 0 unspecified atom stereocenters. The zero-order valence-electron chi connectivity index (χ0n) is 7.94. The Bertz CT molecular complexity index is 352. The molecule has 1 N–H and O–H groups in total. The summed E-state index contributed by atoms with van der Waals surface area (Å²) in [6.07, 6.45) is 3.35. The first kappa shape index (κ1) is 8.35. The average molecular weight is 179 g/mol. The number of nitrogens with one attached hydrogen (secondary N) is 1. The van der Waals surface area contributed by atoms with Crippen molar-refractivity contribution in [2.45, 2.75) is 26.2 Å². The predicted molar refractivity (Wildman–Crippen MR) is 48.9 cm³/mol. The topological polar surface area (TPSA) is 42.1 Å². The summed E-state index contributed by atoms with van der Waals surface area (Å²) in [6, 6.07) is 0. The SMILES string of the molecule is COC(=O)c1[nH]c2c(c1C)CCC2. The Morgan fingerprint density at radius 1 is 1.46 bits per heavy atom. The van der Waals surface area contributed by atoms with Crippen molar-refractivity contribution in [3.63, 3.8) is 0 Å². The van der Waals surface area contributed by atoms with Gasteiger partial charge in [0.2, 0.25) is 0 Å². The summed E-state index contributed by atoms with van der Waals surface area (Å²) in [7, 11) is 1.41. The van der Waals surface area contributed by atoms with Crippen LogP contribution in [-0.2, 0) is 17.6 Å². The van der Waals surface area contributed by atoms with Gasteiger partial charge in [-0.3, -0.25) is 0 Å².